The van der Waals surface area contributed by atoms with Crippen molar-refractivity contribution in [1.29, 1.82) is 0 Å². The molecule has 0 aromatic heterocycles. The summed E-state index contributed by atoms with van der Waals surface area (Å²) in [5, 5.41) is 10.1. The lowest BCUT2D eigenvalue weighted by atomic mass is 9.85. The van der Waals surface area contributed by atoms with Crippen LogP contribution in [0.1, 0.15) is 64.2 Å². The van der Waals surface area contributed by atoms with Crippen LogP contribution in [0.4, 0.5) is 0 Å². The normalized spacial score (nSPS) is 15.6. The Labute approximate surface area is 235 Å². The zero-order valence-corrected chi connectivity index (χ0v) is 24.0. The lowest BCUT2D eigenvalue weighted by Crippen LogP contribution is -2.58. The second kappa shape index (κ2) is 14.4. The van der Waals surface area contributed by atoms with Crippen LogP contribution in [-0.2, 0) is 24.0 Å². The largest absolute Gasteiger partial charge is 0.343 e. The molecule has 1 fully saturated rings. The highest BCUT2D eigenvalue weighted by Gasteiger charge is 2.35. The molecule has 0 spiro atoms. The van der Waals surface area contributed by atoms with E-state index in [1.807, 2.05) is 0 Å². The zero-order valence-electron chi connectivity index (χ0n) is 24.0. The van der Waals surface area contributed by atoms with Crippen molar-refractivity contribution in [1.82, 2.24) is 26.2 Å². The molecule has 0 bridgehead atoms. The first-order chi connectivity index (χ1) is 18.7. The maximum absolute atomic E-state index is 13.1. The first kappa shape index (κ1) is 32.2. The fraction of sp³-hybridized carbons (Fsp3) is 0.517. The van der Waals surface area contributed by atoms with Crippen LogP contribution in [0.5, 0.6) is 0 Å². The van der Waals surface area contributed by atoms with Gasteiger partial charge in [-0.05, 0) is 50.7 Å². The predicted molar refractivity (Wildman–Crippen MR) is 150 cm³/mol. The molecule has 5 amide bonds. The Bertz CT molecular complexity index is 1120. The maximum atomic E-state index is 13.1. The maximum Gasteiger partial charge on any atom is 0.290 e. The Morgan fingerprint density at radius 1 is 0.900 bits per heavy atom. The van der Waals surface area contributed by atoms with Crippen molar-refractivity contribution < 1.29 is 28.8 Å². The van der Waals surface area contributed by atoms with Crippen molar-refractivity contribution in [3.8, 4) is 0 Å². The molecule has 4 N–H and O–H groups in total. The number of amides is 5. The molecule has 1 aliphatic heterocycles. The van der Waals surface area contributed by atoms with Crippen LogP contribution in [0.3, 0.4) is 0 Å². The Kier molecular flexibility index (Phi) is 11.6. The fourth-order valence-corrected chi connectivity index (χ4v) is 4.15. The highest BCUT2D eigenvalue weighted by atomic mass is 16.2. The number of benzene rings is 1. The standard InChI is InChI=1S/C29H41N5O6/c1-18(2)22(23(36)27(39)30-17-21(35)34-15-11-8-12-16-34)32-25(37)19(3)31-28(40)24(29(4,5)6)33-26(38)20-13-9-7-10-14-20/h7,9-10,13-14,19,22,24H,1,8,11-12,15-17H2,2-6H3,(H,30,39)(H,31,40)(H,32,37)(H,33,38)/t19-,22-,24+/m0/s1. The van der Waals surface area contributed by atoms with Crippen LogP contribution in [0.15, 0.2) is 42.5 Å². The number of carbonyl (C=O) groups excluding carboxylic acids is 6. The molecule has 218 valence electrons. The van der Waals surface area contributed by atoms with Crippen LogP contribution in [0, 0.1) is 5.41 Å². The average Bonchev–Trinajstić information content (AvgIpc) is 2.92. The smallest absolute Gasteiger partial charge is 0.290 e. The van der Waals surface area contributed by atoms with Gasteiger partial charge < -0.3 is 26.2 Å². The van der Waals surface area contributed by atoms with Gasteiger partial charge in [0.2, 0.25) is 23.5 Å². The number of ketones is 1. The summed E-state index contributed by atoms with van der Waals surface area (Å²) >= 11 is 0. The van der Waals surface area contributed by atoms with E-state index in [1.54, 1.807) is 56.0 Å². The van der Waals surface area contributed by atoms with Gasteiger partial charge in [0, 0.05) is 18.7 Å². The molecular formula is C29H41N5O6. The molecular weight excluding hydrogens is 514 g/mol. The molecule has 40 heavy (non-hydrogen) atoms. The van der Waals surface area contributed by atoms with Gasteiger partial charge in [-0.3, -0.25) is 28.8 Å². The molecule has 1 heterocycles. The molecule has 3 atom stereocenters. The number of carbonyl (C=O) groups is 6. The SMILES string of the molecule is C=C(C)[C@H](NC(=O)[C@H](C)NC(=O)[C@@H](NC(=O)c1ccccc1)C(C)(C)C)C(=O)C(=O)NCC(=O)N1CCCCC1. The molecule has 2 rings (SSSR count). The van der Waals surface area contributed by atoms with Gasteiger partial charge >= 0.3 is 0 Å². The number of piperidine rings is 1. The first-order valence-electron chi connectivity index (χ1n) is 13.4. The number of nitrogens with one attached hydrogen (secondary N) is 4. The van der Waals surface area contributed by atoms with E-state index >= 15 is 0 Å². The van der Waals surface area contributed by atoms with Crippen molar-refractivity contribution >= 4 is 35.3 Å². The van der Waals surface area contributed by atoms with Crippen molar-refractivity contribution in [2.75, 3.05) is 19.6 Å². The Morgan fingerprint density at radius 2 is 1.50 bits per heavy atom. The van der Waals surface area contributed by atoms with Crippen molar-refractivity contribution in [3.63, 3.8) is 0 Å². The van der Waals surface area contributed by atoms with E-state index < -0.39 is 53.0 Å². The van der Waals surface area contributed by atoms with Crippen LogP contribution in [-0.4, -0.2) is 78.0 Å². The van der Waals surface area contributed by atoms with Gasteiger partial charge in [-0.2, -0.15) is 0 Å². The quantitative estimate of drug-likeness (QED) is 0.237. The molecule has 1 aromatic rings. The molecule has 11 nitrogen and oxygen atoms in total. The minimum absolute atomic E-state index is 0.206. The highest BCUT2D eigenvalue weighted by Crippen LogP contribution is 2.20. The van der Waals surface area contributed by atoms with Gasteiger partial charge in [0.15, 0.2) is 0 Å². The topological polar surface area (TPSA) is 154 Å². The highest BCUT2D eigenvalue weighted by molar-refractivity contribution is 6.39. The number of likely N-dealkylation sites (tertiary alicyclic amines) is 1. The number of hydrogen-bond acceptors (Lipinski definition) is 6. The Balaban J connectivity index is 1.99. The second-order valence-electron chi connectivity index (χ2n) is 11.1. The summed E-state index contributed by atoms with van der Waals surface area (Å²) in [6, 6.07) is 5.00. The number of Topliss-reactive ketones (excluding diaryl/α,β-unsaturated/α-hetero) is 1. The van der Waals surface area contributed by atoms with E-state index in [1.165, 1.54) is 13.8 Å². The van der Waals surface area contributed by atoms with Gasteiger partial charge in [0.25, 0.3) is 11.8 Å². The summed E-state index contributed by atoms with van der Waals surface area (Å²) in [6.45, 7) is 12.8. The minimum Gasteiger partial charge on any atom is -0.343 e. The van der Waals surface area contributed by atoms with Crippen molar-refractivity contribution in [2.45, 2.75) is 72.0 Å². The minimum atomic E-state index is -1.35. The predicted octanol–water partition coefficient (Wildman–Crippen LogP) is 1.09. The first-order valence-corrected chi connectivity index (χ1v) is 13.4. The monoisotopic (exact) mass is 555 g/mol. The molecule has 0 unspecified atom stereocenters. The van der Waals surface area contributed by atoms with E-state index in [-0.39, 0.29) is 18.0 Å². The number of rotatable bonds is 11. The fourth-order valence-electron chi connectivity index (χ4n) is 4.15. The Hall–Kier alpha value is -4.02. The summed E-state index contributed by atoms with van der Waals surface area (Å²) in [5.41, 5.74) is -0.101. The number of nitrogens with zero attached hydrogens (tertiary/aromatic N) is 1. The van der Waals surface area contributed by atoms with E-state index in [2.05, 4.69) is 27.8 Å². The van der Waals surface area contributed by atoms with E-state index in [0.29, 0.717) is 18.7 Å². The lowest BCUT2D eigenvalue weighted by Gasteiger charge is -2.31. The van der Waals surface area contributed by atoms with Gasteiger partial charge in [-0.25, -0.2) is 0 Å². The third-order valence-electron chi connectivity index (χ3n) is 6.57. The summed E-state index contributed by atoms with van der Waals surface area (Å²) in [6.07, 6.45) is 2.84. The summed E-state index contributed by atoms with van der Waals surface area (Å²) in [7, 11) is 0. The van der Waals surface area contributed by atoms with Crippen LogP contribution in [0.2, 0.25) is 0 Å². The molecule has 1 aliphatic rings. The molecule has 11 heteroatoms. The van der Waals surface area contributed by atoms with Crippen LogP contribution >= 0.6 is 0 Å². The Morgan fingerprint density at radius 3 is 2.05 bits per heavy atom. The second-order valence-corrected chi connectivity index (χ2v) is 11.1. The van der Waals surface area contributed by atoms with Crippen LogP contribution in [0.25, 0.3) is 0 Å². The number of hydrogen-bond donors (Lipinski definition) is 4. The molecule has 0 saturated carbocycles. The molecule has 0 radical (unpaired) electrons. The molecule has 1 saturated heterocycles. The van der Waals surface area contributed by atoms with E-state index in [4.69, 9.17) is 0 Å². The van der Waals surface area contributed by atoms with E-state index in [9.17, 15) is 28.8 Å². The summed E-state index contributed by atoms with van der Waals surface area (Å²) < 4.78 is 0. The average molecular weight is 556 g/mol. The molecule has 0 aliphatic carbocycles. The molecule has 1 aromatic carbocycles. The van der Waals surface area contributed by atoms with Crippen molar-refractivity contribution in [3.05, 3.63) is 48.0 Å². The van der Waals surface area contributed by atoms with E-state index in [0.717, 1.165) is 19.3 Å². The van der Waals surface area contributed by atoms with Crippen molar-refractivity contribution in [2.24, 2.45) is 5.41 Å². The van der Waals surface area contributed by atoms with Gasteiger partial charge in [-0.15, -0.1) is 0 Å². The van der Waals surface area contributed by atoms with Gasteiger partial charge in [0.1, 0.15) is 18.1 Å². The van der Waals surface area contributed by atoms with Crippen LogP contribution < -0.4 is 21.3 Å². The third-order valence-corrected chi connectivity index (χ3v) is 6.57. The summed E-state index contributed by atoms with van der Waals surface area (Å²) in [4.78, 5) is 78.0. The summed E-state index contributed by atoms with van der Waals surface area (Å²) in [5.74, 6) is -4.04. The zero-order chi connectivity index (χ0) is 30.0. The lowest BCUT2D eigenvalue weighted by molar-refractivity contribution is -0.141. The third kappa shape index (κ3) is 9.32. The van der Waals surface area contributed by atoms with Gasteiger partial charge in [-0.1, -0.05) is 51.1 Å². The van der Waals surface area contributed by atoms with Gasteiger partial charge in [0.05, 0.1) is 6.54 Å².